The summed E-state index contributed by atoms with van der Waals surface area (Å²) in [6, 6.07) is 12.0. The summed E-state index contributed by atoms with van der Waals surface area (Å²) in [4.78, 5) is 4.18. The number of anilines is 1. The molecule has 0 radical (unpaired) electrons. The van der Waals surface area contributed by atoms with Crippen molar-refractivity contribution in [2.45, 2.75) is 33.0 Å². The minimum Gasteiger partial charge on any atom is -0.454 e. The molecule has 2 aromatic carbocycles. The minimum absolute atomic E-state index is 0.110. The lowest BCUT2D eigenvalue weighted by Crippen LogP contribution is -2.35. The van der Waals surface area contributed by atoms with E-state index in [1.54, 1.807) is 12.1 Å². The van der Waals surface area contributed by atoms with Crippen LogP contribution in [0.2, 0.25) is 0 Å². The summed E-state index contributed by atoms with van der Waals surface area (Å²) in [5.74, 6) is 4.14. The highest BCUT2D eigenvalue weighted by atomic mass is 19.1. The summed E-state index contributed by atoms with van der Waals surface area (Å²) < 4.78 is 35.8. The summed E-state index contributed by atoms with van der Waals surface area (Å²) in [7, 11) is 0. The molecule has 0 saturated carbocycles. The highest BCUT2D eigenvalue weighted by molar-refractivity contribution is 5.68. The first-order valence-electron chi connectivity index (χ1n) is 12.3. The molecule has 0 spiro atoms. The number of halogens is 1. The molecule has 1 N–H and O–H groups in total. The van der Waals surface area contributed by atoms with E-state index in [4.69, 9.17) is 25.2 Å². The number of hydrogen-bond donors (Lipinski definition) is 1. The number of aliphatic hydroxyl groups excluding tert-OH is 1. The first kappa shape index (κ1) is 26.5. The standard InChI is InChI=1S/C28H32FN3O5/c1-4-13-34-18-23(33)16-31(15-20-7-12-25-26(14-20)36-19-35-25)17-24-27(21-8-10-22(29)11-9-21)30-37-28(24)32(5-2)6-3/h1,7-12,14,23,33H,5-6,13,15-19H2,2-3H3/t23-/m1/s1. The summed E-state index contributed by atoms with van der Waals surface area (Å²) in [5.41, 5.74) is 3.23. The largest absolute Gasteiger partial charge is 0.454 e. The molecule has 1 aliphatic heterocycles. The van der Waals surface area contributed by atoms with Gasteiger partial charge in [-0.25, -0.2) is 4.39 Å². The van der Waals surface area contributed by atoms with Crippen LogP contribution < -0.4 is 14.4 Å². The van der Waals surface area contributed by atoms with Gasteiger partial charge in [0.2, 0.25) is 12.7 Å². The highest BCUT2D eigenvalue weighted by Crippen LogP contribution is 2.35. The van der Waals surface area contributed by atoms with Crippen LogP contribution in [0.5, 0.6) is 11.5 Å². The Morgan fingerprint density at radius 3 is 2.59 bits per heavy atom. The zero-order valence-electron chi connectivity index (χ0n) is 21.2. The van der Waals surface area contributed by atoms with E-state index >= 15 is 0 Å². The minimum atomic E-state index is -0.770. The maximum absolute atomic E-state index is 13.6. The number of rotatable bonds is 13. The van der Waals surface area contributed by atoms with Crippen molar-refractivity contribution in [1.82, 2.24) is 10.1 Å². The van der Waals surface area contributed by atoms with Crippen LogP contribution in [0.3, 0.4) is 0 Å². The number of hydrogen-bond acceptors (Lipinski definition) is 8. The lowest BCUT2D eigenvalue weighted by molar-refractivity contribution is 0.0243. The van der Waals surface area contributed by atoms with Crippen LogP contribution in [-0.2, 0) is 17.8 Å². The van der Waals surface area contributed by atoms with Crippen molar-refractivity contribution in [1.29, 1.82) is 0 Å². The Balaban J connectivity index is 1.66. The Hall–Kier alpha value is -3.58. The van der Waals surface area contributed by atoms with Crippen LogP contribution in [0, 0.1) is 18.2 Å². The van der Waals surface area contributed by atoms with Crippen LogP contribution >= 0.6 is 0 Å². The molecule has 9 heteroatoms. The highest BCUT2D eigenvalue weighted by Gasteiger charge is 2.25. The fourth-order valence-corrected chi connectivity index (χ4v) is 4.35. The van der Waals surface area contributed by atoms with Crippen molar-refractivity contribution in [3.8, 4) is 35.1 Å². The van der Waals surface area contributed by atoms with Crippen LogP contribution in [0.15, 0.2) is 47.0 Å². The molecule has 0 fully saturated rings. The first-order valence-corrected chi connectivity index (χ1v) is 12.3. The number of benzene rings is 2. The van der Waals surface area contributed by atoms with Gasteiger partial charge in [0.1, 0.15) is 18.1 Å². The van der Waals surface area contributed by atoms with Gasteiger partial charge in [-0.3, -0.25) is 4.90 Å². The van der Waals surface area contributed by atoms with Gasteiger partial charge in [-0.05, 0) is 55.8 Å². The Morgan fingerprint density at radius 1 is 1.11 bits per heavy atom. The van der Waals surface area contributed by atoms with Gasteiger partial charge in [-0.1, -0.05) is 17.1 Å². The predicted octanol–water partition coefficient (Wildman–Crippen LogP) is 4.07. The fourth-order valence-electron chi connectivity index (χ4n) is 4.35. The average Bonchev–Trinajstić information content (AvgIpc) is 3.53. The predicted molar refractivity (Wildman–Crippen MR) is 138 cm³/mol. The second-order valence-electron chi connectivity index (χ2n) is 8.72. The van der Waals surface area contributed by atoms with E-state index < -0.39 is 6.10 Å². The second-order valence-corrected chi connectivity index (χ2v) is 8.72. The molecule has 1 aliphatic rings. The molecule has 1 atom stereocenters. The molecular weight excluding hydrogens is 477 g/mol. The zero-order valence-corrected chi connectivity index (χ0v) is 21.2. The monoisotopic (exact) mass is 509 g/mol. The van der Waals surface area contributed by atoms with Crippen LogP contribution in [0.1, 0.15) is 25.0 Å². The van der Waals surface area contributed by atoms with Gasteiger partial charge in [0.25, 0.3) is 0 Å². The number of aromatic nitrogens is 1. The van der Waals surface area contributed by atoms with Gasteiger partial charge in [0.05, 0.1) is 18.3 Å². The Kier molecular flexibility index (Phi) is 9.01. The van der Waals surface area contributed by atoms with Crippen molar-refractivity contribution in [3.05, 3.63) is 59.4 Å². The maximum atomic E-state index is 13.6. The molecule has 0 unspecified atom stereocenters. The third-order valence-corrected chi connectivity index (χ3v) is 6.13. The molecule has 37 heavy (non-hydrogen) atoms. The van der Waals surface area contributed by atoms with Gasteiger partial charge in [0, 0.05) is 38.3 Å². The van der Waals surface area contributed by atoms with Crippen molar-refractivity contribution in [2.75, 3.05) is 44.5 Å². The van der Waals surface area contributed by atoms with Gasteiger partial charge in [-0.2, -0.15) is 0 Å². The fraction of sp³-hybridized carbons (Fsp3) is 0.393. The normalized spacial score (nSPS) is 13.1. The van der Waals surface area contributed by atoms with Crippen molar-refractivity contribution < 1.29 is 28.2 Å². The van der Waals surface area contributed by atoms with E-state index in [-0.39, 0.29) is 25.8 Å². The molecule has 1 aromatic heterocycles. The number of aliphatic hydroxyl groups is 1. The van der Waals surface area contributed by atoms with Crippen LogP contribution in [0.4, 0.5) is 10.3 Å². The molecule has 0 bridgehead atoms. The van der Waals surface area contributed by atoms with Crippen molar-refractivity contribution >= 4 is 5.88 Å². The number of nitrogens with zero attached hydrogens (tertiary/aromatic N) is 3. The summed E-state index contributed by atoms with van der Waals surface area (Å²) in [6.45, 7) is 7.22. The molecule has 0 saturated heterocycles. The Morgan fingerprint density at radius 2 is 1.86 bits per heavy atom. The van der Waals surface area contributed by atoms with Gasteiger partial charge in [0.15, 0.2) is 11.5 Å². The number of ether oxygens (including phenoxy) is 3. The van der Waals surface area contributed by atoms with E-state index in [0.29, 0.717) is 42.7 Å². The number of fused-ring (bicyclic) bond motifs is 1. The van der Waals surface area contributed by atoms with Crippen LogP contribution in [0.25, 0.3) is 11.3 Å². The maximum Gasteiger partial charge on any atom is 0.232 e. The van der Waals surface area contributed by atoms with Gasteiger partial charge in [-0.15, -0.1) is 6.42 Å². The molecule has 2 heterocycles. The third-order valence-electron chi connectivity index (χ3n) is 6.13. The molecule has 8 nitrogen and oxygen atoms in total. The van der Waals surface area contributed by atoms with E-state index in [2.05, 4.69) is 20.9 Å². The van der Waals surface area contributed by atoms with Crippen LogP contribution in [-0.4, -0.2) is 60.9 Å². The summed E-state index contributed by atoms with van der Waals surface area (Å²) in [6.07, 6.45) is 4.50. The average molecular weight is 510 g/mol. The van der Waals surface area contributed by atoms with E-state index in [0.717, 1.165) is 29.8 Å². The second kappa shape index (κ2) is 12.6. The molecule has 3 aromatic rings. The SMILES string of the molecule is C#CCOC[C@H](O)CN(Cc1ccc2c(c1)OCO2)Cc1c(-c2ccc(F)cc2)noc1N(CC)CC. The first-order chi connectivity index (χ1) is 18.0. The van der Waals surface area contributed by atoms with Crippen molar-refractivity contribution in [2.24, 2.45) is 0 Å². The Labute approximate surface area is 216 Å². The summed E-state index contributed by atoms with van der Waals surface area (Å²) >= 11 is 0. The Bertz CT molecular complexity index is 1200. The summed E-state index contributed by atoms with van der Waals surface area (Å²) in [5, 5.41) is 15.1. The molecule has 0 amide bonds. The lowest BCUT2D eigenvalue weighted by atomic mass is 10.1. The lowest BCUT2D eigenvalue weighted by Gasteiger charge is -2.27. The van der Waals surface area contributed by atoms with E-state index in [1.807, 2.05) is 32.0 Å². The molecule has 4 rings (SSSR count). The third kappa shape index (κ3) is 6.60. The molecule has 0 aliphatic carbocycles. The topological polar surface area (TPSA) is 80.4 Å². The van der Waals surface area contributed by atoms with E-state index in [9.17, 15) is 9.50 Å². The zero-order chi connectivity index (χ0) is 26.2. The van der Waals surface area contributed by atoms with Crippen molar-refractivity contribution in [3.63, 3.8) is 0 Å². The number of terminal acetylenes is 1. The quantitative estimate of drug-likeness (QED) is 0.273. The van der Waals surface area contributed by atoms with Gasteiger partial charge >= 0.3 is 0 Å². The smallest absolute Gasteiger partial charge is 0.232 e. The van der Waals surface area contributed by atoms with E-state index in [1.165, 1.54) is 12.1 Å². The van der Waals surface area contributed by atoms with Gasteiger partial charge < -0.3 is 28.7 Å². The molecular formula is C28H32FN3O5. The molecule has 196 valence electrons.